The summed E-state index contributed by atoms with van der Waals surface area (Å²) in [5, 5.41) is 4.39. The van der Waals surface area contributed by atoms with Gasteiger partial charge in [0.05, 0.1) is 7.05 Å². The van der Waals surface area contributed by atoms with Gasteiger partial charge in [-0.2, -0.15) is 4.68 Å². The van der Waals surface area contributed by atoms with E-state index in [1.165, 1.54) is 36.4 Å². The normalized spacial score (nSPS) is 13.3. The van der Waals surface area contributed by atoms with Crippen LogP contribution in [0.2, 0.25) is 0 Å². The summed E-state index contributed by atoms with van der Waals surface area (Å²) in [6.07, 6.45) is -0.476. The Kier molecular flexibility index (Phi) is 5.98. The van der Waals surface area contributed by atoms with Crippen molar-refractivity contribution in [3.63, 3.8) is 0 Å². The van der Waals surface area contributed by atoms with Gasteiger partial charge < -0.3 is 14.1 Å². The van der Waals surface area contributed by atoms with Crippen LogP contribution in [0, 0.1) is 16.5 Å². The highest BCUT2D eigenvalue weighted by Gasteiger charge is 2.17. The van der Waals surface area contributed by atoms with Gasteiger partial charge in [0.2, 0.25) is 0 Å². The maximum absolute atomic E-state index is 13.0. The molecule has 3 rings (SSSR count). The third kappa shape index (κ3) is 5.21. The van der Waals surface area contributed by atoms with Crippen LogP contribution in [-0.2, 0) is 13.2 Å². The molecule has 142 valence electrons. The molecule has 1 N–H and O–H groups in total. The summed E-state index contributed by atoms with van der Waals surface area (Å²) >= 11 is 5.24. The van der Waals surface area contributed by atoms with E-state index >= 15 is 0 Å². The molecule has 1 unspecified atom stereocenters. The average Bonchev–Trinajstić information content (AvgIpc) is 2.99. The van der Waals surface area contributed by atoms with Crippen LogP contribution in [0.5, 0.6) is 5.75 Å². The minimum absolute atomic E-state index is 0.248. The highest BCUT2D eigenvalue weighted by molar-refractivity contribution is 7.71. The van der Waals surface area contributed by atoms with Crippen molar-refractivity contribution < 1.29 is 22.8 Å². The van der Waals surface area contributed by atoms with Crippen LogP contribution >= 0.6 is 12.2 Å². The van der Waals surface area contributed by atoms with Gasteiger partial charge in [-0.3, -0.25) is 0 Å². The second kappa shape index (κ2) is 8.41. The molecule has 0 aliphatic carbocycles. The predicted octanol–water partition coefficient (Wildman–Crippen LogP) is 3.30. The topological polar surface area (TPSA) is 44.6 Å². The van der Waals surface area contributed by atoms with Crippen molar-refractivity contribution in [3.8, 4) is 5.75 Å². The first-order valence-electron chi connectivity index (χ1n) is 8.46. The number of halogens is 2. The zero-order valence-electron chi connectivity index (χ0n) is 15.0. The molecule has 0 aliphatic rings. The van der Waals surface area contributed by atoms with E-state index in [1.54, 1.807) is 23.7 Å². The standard InChI is InChI=1S/C19H19F2N3O2S/c1-13(25-17-9-7-16(21)8-10-17)18-22-24(19(27)26-18)12-23(2)11-14-3-5-15(20)6-4-14/h3-10,13H,11-12H2,1-2H3/p+1/t13-/m1/s1. The Bertz CT molecular complexity index is 939. The number of nitrogens with one attached hydrogen (secondary N) is 1. The summed E-state index contributed by atoms with van der Waals surface area (Å²) in [5.41, 5.74) is 1.01. The SMILES string of the molecule is C[C@@H](Oc1ccc(F)cc1)c1nn(C[NH+](C)Cc2ccc(F)cc2)c(=S)o1. The zero-order valence-corrected chi connectivity index (χ0v) is 15.8. The summed E-state index contributed by atoms with van der Waals surface area (Å²) in [6, 6.07) is 12.1. The largest absolute Gasteiger partial charge is 0.481 e. The molecule has 2 aromatic carbocycles. The Hall–Kier alpha value is -2.58. The lowest BCUT2D eigenvalue weighted by Crippen LogP contribution is -3.07. The second-order valence-electron chi connectivity index (χ2n) is 6.34. The van der Waals surface area contributed by atoms with Crippen molar-refractivity contribution in [2.75, 3.05) is 7.05 Å². The van der Waals surface area contributed by atoms with Crippen molar-refractivity contribution in [2.45, 2.75) is 26.2 Å². The van der Waals surface area contributed by atoms with E-state index in [2.05, 4.69) is 5.10 Å². The van der Waals surface area contributed by atoms with Gasteiger partial charge in [0.15, 0.2) is 12.8 Å². The van der Waals surface area contributed by atoms with Gasteiger partial charge in [0, 0.05) is 5.56 Å². The lowest BCUT2D eigenvalue weighted by Gasteiger charge is -2.13. The van der Waals surface area contributed by atoms with Gasteiger partial charge in [-0.05, 0) is 55.5 Å². The zero-order chi connectivity index (χ0) is 19.4. The predicted molar refractivity (Wildman–Crippen MR) is 97.8 cm³/mol. The monoisotopic (exact) mass is 392 g/mol. The Morgan fingerprint density at radius 1 is 1.11 bits per heavy atom. The molecule has 0 aliphatic heterocycles. The van der Waals surface area contributed by atoms with E-state index in [0.717, 1.165) is 10.5 Å². The smallest absolute Gasteiger partial charge is 0.292 e. The molecule has 0 saturated carbocycles. The third-order valence-corrected chi connectivity index (χ3v) is 4.23. The Balaban J connectivity index is 1.63. The molecule has 0 bridgehead atoms. The fourth-order valence-electron chi connectivity index (χ4n) is 2.62. The first-order chi connectivity index (χ1) is 12.9. The Morgan fingerprint density at radius 3 is 2.33 bits per heavy atom. The van der Waals surface area contributed by atoms with Gasteiger partial charge >= 0.3 is 0 Å². The van der Waals surface area contributed by atoms with Crippen LogP contribution in [-0.4, -0.2) is 16.8 Å². The van der Waals surface area contributed by atoms with Crippen molar-refractivity contribution in [2.24, 2.45) is 0 Å². The van der Waals surface area contributed by atoms with E-state index < -0.39 is 6.10 Å². The van der Waals surface area contributed by atoms with Crippen LogP contribution in [0.4, 0.5) is 8.78 Å². The maximum Gasteiger partial charge on any atom is 0.292 e. The molecule has 0 saturated heterocycles. The fraction of sp³-hybridized carbons (Fsp3) is 0.263. The van der Waals surface area contributed by atoms with Crippen molar-refractivity contribution >= 4 is 12.2 Å². The van der Waals surface area contributed by atoms with Crippen LogP contribution in [0.15, 0.2) is 52.9 Å². The first-order valence-corrected chi connectivity index (χ1v) is 8.87. The molecule has 5 nitrogen and oxygen atoms in total. The molecule has 0 spiro atoms. The second-order valence-corrected chi connectivity index (χ2v) is 6.69. The maximum atomic E-state index is 13.0. The minimum Gasteiger partial charge on any atom is -0.481 e. The molecule has 1 heterocycles. The molecule has 2 atom stereocenters. The summed E-state index contributed by atoms with van der Waals surface area (Å²) in [7, 11) is 1.98. The fourth-order valence-corrected chi connectivity index (χ4v) is 2.81. The number of aromatic nitrogens is 2. The third-order valence-electron chi connectivity index (χ3n) is 3.94. The summed E-state index contributed by atoms with van der Waals surface area (Å²) in [6.45, 7) is 2.96. The molecule has 3 aromatic rings. The van der Waals surface area contributed by atoms with Gasteiger partial charge in [0.25, 0.3) is 10.7 Å². The van der Waals surface area contributed by atoms with Gasteiger partial charge in [-0.15, -0.1) is 5.10 Å². The van der Waals surface area contributed by atoms with Crippen molar-refractivity contribution in [1.29, 1.82) is 0 Å². The summed E-state index contributed by atoms with van der Waals surface area (Å²) in [4.78, 5) is 1.35. The highest BCUT2D eigenvalue weighted by Crippen LogP contribution is 2.20. The van der Waals surface area contributed by atoms with E-state index in [4.69, 9.17) is 21.4 Å². The Morgan fingerprint density at radius 2 is 1.70 bits per heavy atom. The van der Waals surface area contributed by atoms with Crippen molar-refractivity contribution in [1.82, 2.24) is 9.78 Å². The lowest BCUT2D eigenvalue weighted by molar-refractivity contribution is -0.917. The number of nitrogens with zero attached hydrogens (tertiary/aromatic N) is 2. The van der Waals surface area contributed by atoms with Gasteiger partial charge in [-0.25, -0.2) is 8.78 Å². The van der Waals surface area contributed by atoms with Crippen LogP contribution < -0.4 is 9.64 Å². The molecule has 0 radical (unpaired) electrons. The number of hydrogen-bond acceptors (Lipinski definition) is 4. The molecule has 8 heteroatoms. The average molecular weight is 392 g/mol. The van der Waals surface area contributed by atoms with E-state index in [0.29, 0.717) is 24.9 Å². The van der Waals surface area contributed by atoms with Gasteiger partial charge in [0.1, 0.15) is 23.9 Å². The quantitative estimate of drug-likeness (QED) is 0.627. The molecular weight excluding hydrogens is 372 g/mol. The van der Waals surface area contributed by atoms with Crippen molar-refractivity contribution in [3.05, 3.63) is 76.5 Å². The number of quaternary nitrogens is 1. The van der Waals surface area contributed by atoms with E-state index in [-0.39, 0.29) is 16.5 Å². The molecule has 1 aromatic heterocycles. The lowest BCUT2D eigenvalue weighted by atomic mass is 10.2. The number of hydrogen-bond donors (Lipinski definition) is 1. The summed E-state index contributed by atoms with van der Waals surface area (Å²) < 4.78 is 38.8. The van der Waals surface area contributed by atoms with Crippen LogP contribution in [0.1, 0.15) is 24.5 Å². The van der Waals surface area contributed by atoms with E-state index in [9.17, 15) is 8.78 Å². The molecule has 0 fully saturated rings. The van der Waals surface area contributed by atoms with E-state index in [1.807, 2.05) is 7.05 Å². The molecular formula is C19H20F2N3O2S+. The molecule has 0 amide bonds. The van der Waals surface area contributed by atoms with Gasteiger partial charge in [-0.1, -0.05) is 12.1 Å². The minimum atomic E-state index is -0.476. The summed E-state index contributed by atoms with van der Waals surface area (Å²) in [5.74, 6) is 0.274. The number of ether oxygens (including phenoxy) is 1. The number of benzene rings is 2. The molecule has 27 heavy (non-hydrogen) atoms. The van der Waals surface area contributed by atoms with Crippen LogP contribution in [0.25, 0.3) is 0 Å². The first kappa shape index (κ1) is 19.2. The van der Waals surface area contributed by atoms with Crippen LogP contribution in [0.3, 0.4) is 0 Å². The highest BCUT2D eigenvalue weighted by atomic mass is 32.1. The Labute approximate surface area is 160 Å². The number of rotatable bonds is 7.